The van der Waals surface area contributed by atoms with Gasteiger partial charge in [-0.2, -0.15) is 0 Å². The van der Waals surface area contributed by atoms with E-state index >= 15 is 0 Å². The summed E-state index contributed by atoms with van der Waals surface area (Å²) in [6.07, 6.45) is 0.535. The summed E-state index contributed by atoms with van der Waals surface area (Å²) < 4.78 is 45.7. The predicted molar refractivity (Wildman–Crippen MR) is 66.5 cm³/mol. The average Bonchev–Trinajstić information content (AvgIpc) is 2.75. The highest BCUT2D eigenvalue weighted by Crippen LogP contribution is 2.23. The van der Waals surface area contributed by atoms with E-state index < -0.39 is 26.3 Å². The monoisotopic (exact) mass is 289 g/mol. The molecule has 1 aliphatic rings. The lowest BCUT2D eigenvalue weighted by Gasteiger charge is -2.23. The Kier molecular flexibility index (Phi) is 3.91. The Hall–Kier alpha value is -1.02. The lowest BCUT2D eigenvalue weighted by molar-refractivity contribution is 0.178. The van der Waals surface area contributed by atoms with E-state index in [0.29, 0.717) is 18.6 Å². The zero-order chi connectivity index (χ0) is 14.1. The second-order valence-electron chi connectivity index (χ2n) is 4.89. The Morgan fingerprint density at radius 3 is 2.84 bits per heavy atom. The molecule has 1 aromatic carbocycles. The summed E-state index contributed by atoms with van der Waals surface area (Å²) in [6.45, 7) is 2.10. The molecule has 0 radical (unpaired) electrons. The number of ether oxygens (including phenoxy) is 1. The summed E-state index contributed by atoms with van der Waals surface area (Å²) in [4.78, 5) is -0.452. The topological polar surface area (TPSA) is 75.6 Å². The molecule has 7 heteroatoms. The summed E-state index contributed by atoms with van der Waals surface area (Å²) in [5.74, 6) is -0.841. The number of sulfonamides is 1. The van der Waals surface area contributed by atoms with Gasteiger partial charge in [0.15, 0.2) is 0 Å². The van der Waals surface area contributed by atoms with E-state index in [1.807, 2.05) is 0 Å². The molecule has 19 heavy (non-hydrogen) atoms. The third-order valence-electron chi connectivity index (χ3n) is 3.07. The number of nitrogens with one attached hydrogen (secondary N) is 1. The normalized spacial score (nSPS) is 23.7. The van der Waals surface area contributed by atoms with Crippen LogP contribution in [0.5, 0.6) is 0 Å². The van der Waals surface area contributed by atoms with E-state index in [1.165, 1.54) is 6.07 Å². The Morgan fingerprint density at radius 2 is 2.26 bits per heavy atom. The molecule has 1 heterocycles. The number of rotatable bonds is 4. The molecule has 1 aromatic rings. The van der Waals surface area contributed by atoms with E-state index in [2.05, 4.69) is 4.72 Å². The van der Waals surface area contributed by atoms with Crippen molar-refractivity contribution >= 4 is 10.0 Å². The van der Waals surface area contributed by atoms with E-state index in [4.69, 9.17) is 9.84 Å². The van der Waals surface area contributed by atoms with E-state index in [9.17, 15) is 12.8 Å². The Morgan fingerprint density at radius 1 is 1.53 bits per heavy atom. The predicted octanol–water partition coefficient (Wildman–Crippen LogP) is 0.775. The van der Waals surface area contributed by atoms with Gasteiger partial charge in [0.2, 0.25) is 10.0 Å². The van der Waals surface area contributed by atoms with Gasteiger partial charge < -0.3 is 9.84 Å². The fourth-order valence-corrected chi connectivity index (χ4v) is 3.53. The van der Waals surface area contributed by atoms with Crippen molar-refractivity contribution in [1.82, 2.24) is 4.72 Å². The van der Waals surface area contributed by atoms with Crippen molar-refractivity contribution in [3.63, 3.8) is 0 Å². The highest BCUT2D eigenvalue weighted by molar-refractivity contribution is 7.89. The number of benzene rings is 1. The smallest absolute Gasteiger partial charge is 0.244 e. The highest BCUT2D eigenvalue weighted by atomic mass is 32.2. The molecule has 0 aromatic heterocycles. The first-order valence-electron chi connectivity index (χ1n) is 5.87. The summed E-state index contributed by atoms with van der Waals surface area (Å²) in [6, 6.07) is 3.51. The minimum Gasteiger partial charge on any atom is -0.392 e. The van der Waals surface area contributed by atoms with Gasteiger partial charge in [-0.25, -0.2) is 17.5 Å². The van der Waals surface area contributed by atoms with E-state index in [0.717, 1.165) is 12.1 Å². The van der Waals surface area contributed by atoms with Crippen LogP contribution in [0.4, 0.5) is 4.39 Å². The summed E-state index contributed by atoms with van der Waals surface area (Å²) >= 11 is 0. The largest absolute Gasteiger partial charge is 0.392 e. The molecule has 0 aliphatic carbocycles. The molecule has 1 atom stereocenters. The van der Waals surface area contributed by atoms with Crippen molar-refractivity contribution < 1.29 is 22.7 Å². The Balaban J connectivity index is 2.33. The van der Waals surface area contributed by atoms with Crippen LogP contribution in [-0.2, 0) is 21.4 Å². The van der Waals surface area contributed by atoms with Gasteiger partial charge in [-0.1, -0.05) is 6.07 Å². The van der Waals surface area contributed by atoms with Crippen molar-refractivity contribution in [1.29, 1.82) is 0 Å². The van der Waals surface area contributed by atoms with Crippen LogP contribution >= 0.6 is 0 Å². The third kappa shape index (κ3) is 3.11. The van der Waals surface area contributed by atoms with Crippen molar-refractivity contribution in [3.05, 3.63) is 29.6 Å². The first kappa shape index (κ1) is 14.4. The molecule has 106 valence electrons. The van der Waals surface area contributed by atoms with Crippen LogP contribution in [0.1, 0.15) is 18.9 Å². The molecule has 5 nitrogen and oxygen atoms in total. The zero-order valence-electron chi connectivity index (χ0n) is 10.5. The van der Waals surface area contributed by atoms with Crippen LogP contribution in [0.15, 0.2) is 23.1 Å². The van der Waals surface area contributed by atoms with E-state index in [-0.39, 0.29) is 13.2 Å². The quantitative estimate of drug-likeness (QED) is 0.858. The lowest BCUT2D eigenvalue weighted by atomic mass is 10.0. The molecule has 2 rings (SSSR count). The van der Waals surface area contributed by atoms with Crippen molar-refractivity contribution in [2.45, 2.75) is 30.4 Å². The first-order chi connectivity index (χ1) is 8.86. The third-order valence-corrected chi connectivity index (χ3v) is 4.72. The van der Waals surface area contributed by atoms with Gasteiger partial charge in [-0.05, 0) is 31.0 Å². The number of hydrogen-bond acceptors (Lipinski definition) is 4. The maximum absolute atomic E-state index is 13.7. The molecule has 2 N–H and O–H groups in total. The molecule has 0 bridgehead atoms. The van der Waals surface area contributed by atoms with Gasteiger partial charge in [0, 0.05) is 6.61 Å². The van der Waals surface area contributed by atoms with Gasteiger partial charge >= 0.3 is 0 Å². The van der Waals surface area contributed by atoms with E-state index in [1.54, 1.807) is 6.92 Å². The fourth-order valence-electron chi connectivity index (χ4n) is 1.98. The Labute approximate surface area is 111 Å². The van der Waals surface area contributed by atoms with Crippen molar-refractivity contribution in [2.24, 2.45) is 0 Å². The van der Waals surface area contributed by atoms with Gasteiger partial charge in [0.25, 0.3) is 0 Å². The molecule has 1 unspecified atom stereocenters. The van der Waals surface area contributed by atoms with Gasteiger partial charge in [-0.3, -0.25) is 0 Å². The zero-order valence-corrected chi connectivity index (χ0v) is 11.3. The Bertz CT molecular complexity index is 567. The van der Waals surface area contributed by atoms with Crippen molar-refractivity contribution in [3.8, 4) is 0 Å². The van der Waals surface area contributed by atoms with Crippen LogP contribution < -0.4 is 4.72 Å². The number of aliphatic hydroxyl groups is 1. The minimum atomic E-state index is -3.98. The van der Waals surface area contributed by atoms with Gasteiger partial charge in [0.1, 0.15) is 10.7 Å². The number of halogens is 1. The number of hydrogen-bond donors (Lipinski definition) is 2. The molecule has 1 fully saturated rings. The highest BCUT2D eigenvalue weighted by Gasteiger charge is 2.35. The minimum absolute atomic E-state index is 0.257. The summed E-state index contributed by atoms with van der Waals surface area (Å²) in [5, 5.41) is 9.00. The average molecular weight is 289 g/mol. The van der Waals surface area contributed by atoms with Crippen molar-refractivity contribution in [2.75, 3.05) is 13.2 Å². The molecular formula is C12H16FNO4S. The summed E-state index contributed by atoms with van der Waals surface area (Å²) in [7, 11) is -3.98. The summed E-state index contributed by atoms with van der Waals surface area (Å²) in [5.41, 5.74) is -0.380. The maximum Gasteiger partial charge on any atom is 0.244 e. The molecule has 1 aliphatic heterocycles. The standard InChI is InChI=1S/C12H16FNO4S/c1-12(4-5-18-8-12)14-19(16,17)11-6-9(7-15)2-3-10(11)13/h2-3,6,14-15H,4-5,7-8H2,1H3. The van der Waals surface area contributed by atoms with Crippen LogP contribution in [0.25, 0.3) is 0 Å². The lowest BCUT2D eigenvalue weighted by Crippen LogP contribution is -2.46. The molecule has 0 amide bonds. The second-order valence-corrected chi connectivity index (χ2v) is 6.54. The van der Waals surface area contributed by atoms with Gasteiger partial charge in [0.05, 0.1) is 18.8 Å². The molecule has 0 saturated carbocycles. The molecule has 1 saturated heterocycles. The second kappa shape index (κ2) is 5.16. The number of aliphatic hydroxyl groups excluding tert-OH is 1. The first-order valence-corrected chi connectivity index (χ1v) is 7.36. The van der Waals surface area contributed by atoms with Gasteiger partial charge in [-0.15, -0.1) is 0 Å². The molecule has 0 spiro atoms. The molecular weight excluding hydrogens is 273 g/mol. The SMILES string of the molecule is CC1(NS(=O)(=O)c2cc(CO)ccc2F)CCOC1. The van der Waals surface area contributed by atoms with Crippen LogP contribution in [0.2, 0.25) is 0 Å². The van der Waals surface area contributed by atoms with Crippen LogP contribution in [0.3, 0.4) is 0 Å². The fraction of sp³-hybridized carbons (Fsp3) is 0.500. The van der Waals surface area contributed by atoms with Crippen LogP contribution in [-0.4, -0.2) is 32.3 Å². The maximum atomic E-state index is 13.7. The van der Waals surface area contributed by atoms with Crippen LogP contribution in [0, 0.1) is 5.82 Å².